The Kier molecular flexibility index (Phi) is 81.6. The number of hydrogen-bond donors (Lipinski definition) is 3. The van der Waals surface area contributed by atoms with E-state index in [9.17, 15) is 22.0 Å². The minimum atomic E-state index is -0.704. The molecule has 0 bridgehead atoms. The number of para-hydroxylation sites is 5. The van der Waals surface area contributed by atoms with Gasteiger partial charge in [0.25, 0.3) is 0 Å². The van der Waals surface area contributed by atoms with Crippen LogP contribution in [0.15, 0.2) is 126 Å². The van der Waals surface area contributed by atoms with E-state index in [4.69, 9.17) is 9.97 Å². The minimum Gasteiger partial charge on any atom is -0.661 e. The molecule has 10 unspecified atom stereocenters. The molecule has 5 saturated carbocycles. The fourth-order valence-electron chi connectivity index (χ4n) is 16.6. The van der Waals surface area contributed by atoms with E-state index >= 15 is 0 Å². The largest absolute Gasteiger partial charge is 0.661 e. The van der Waals surface area contributed by atoms with Crippen molar-refractivity contribution in [1.29, 1.82) is 0 Å². The molecular formula is C92H125Ar5BrF5N5PdW2Y3-8. The maximum absolute atomic E-state index is 14.4. The van der Waals surface area contributed by atoms with Crippen molar-refractivity contribution < 1.29 is 371 Å². The van der Waals surface area contributed by atoms with E-state index in [1.165, 1.54) is 75.6 Å². The standard InChI is InChI=1S/C18H24FN.C17H21FN.2C17H20FN.C14H15BrFN.C4H10.C2H5.CH4.2CH3.5Ar.Pd.2W.3Y/c1-2-3-11-17-18(13-8-4-6-10-15(13)19)14-9-5-7-12-16(14)20-17;3*1-2-7-16-17(12-8-3-5-10-14(12)18)13-9-4-6-11-15(13)19-16;15-14-13(9-5-1-3-7-11(9)16)10-6-2-4-8-12(10)17-14;1-3-4-2;1-2;;;;;;;;;;;;;;/h5,7,9,12-13,15,20H,2-4,6,8,10-11H2,1H3;4,6,9,11-12,14,19H,1-3,5,7-8,10H2;2*4,6,9,11-12,14H,1-3,5,7-8,10H2;2,4,6,8-9,11,17H,1,3,5,7H2;3-4H2,1-2H3;1H2,2H3;1H4;2*1H3;;;;;;;;;;;/q;-1;2*-2;;;-1;;2*-1;;;;;;;;;;;. The molecular weight excluding hydrogens is 2290 g/mol. The van der Waals surface area contributed by atoms with Crippen LogP contribution in [0.5, 0.6) is 0 Å². The van der Waals surface area contributed by atoms with E-state index in [2.05, 4.69) is 134 Å². The molecule has 22 heteroatoms. The van der Waals surface area contributed by atoms with Gasteiger partial charge < -0.3 is 67.5 Å². The molecule has 0 spiro atoms. The topological polar surface area (TPSA) is 75.6 Å². The number of aromatic amines is 3. The molecule has 0 amide bonds. The van der Waals surface area contributed by atoms with Gasteiger partial charge in [-0.3, -0.25) is 0 Å². The summed E-state index contributed by atoms with van der Waals surface area (Å²) in [4.78, 5) is 19.7. The van der Waals surface area contributed by atoms with Crippen LogP contribution >= 0.6 is 15.9 Å². The van der Waals surface area contributed by atoms with Crippen molar-refractivity contribution in [2.75, 3.05) is 0 Å². The number of rotatable bonds is 15. The number of benzene rings is 5. The molecule has 5 fully saturated rings. The van der Waals surface area contributed by atoms with Gasteiger partial charge in [0, 0.05) is 423 Å². The summed E-state index contributed by atoms with van der Waals surface area (Å²) in [6, 6.07) is 41.1. The number of halogens is 6. The number of fused-ring (bicyclic) bond motifs is 5. The van der Waals surface area contributed by atoms with Crippen molar-refractivity contribution in [3.63, 3.8) is 0 Å². The second-order valence-electron chi connectivity index (χ2n) is 28.5. The molecule has 5 heterocycles. The van der Waals surface area contributed by atoms with Gasteiger partial charge in [0.2, 0.25) is 0 Å². The third-order valence-electron chi connectivity index (χ3n) is 21.7. The van der Waals surface area contributed by atoms with Gasteiger partial charge in [-0.1, -0.05) is 239 Å². The molecule has 5 nitrogen and oxygen atoms in total. The average Bonchev–Trinajstić information content (AvgIpc) is 1.66. The molecule has 5 aromatic heterocycles. The van der Waals surface area contributed by atoms with Gasteiger partial charge in [-0.15, -0.1) is 11.0 Å². The van der Waals surface area contributed by atoms with Gasteiger partial charge in [0.05, 0.1) is 4.60 Å². The second kappa shape index (κ2) is 71.3. The molecule has 0 aliphatic heterocycles. The third-order valence-corrected chi connectivity index (χ3v) is 22.3. The van der Waals surface area contributed by atoms with Crippen LogP contribution in [-0.4, -0.2) is 45.8 Å². The van der Waals surface area contributed by atoms with Crippen LogP contribution in [-0.2, 0) is 186 Å². The quantitative estimate of drug-likeness (QED) is 0.0543. The molecule has 5 aliphatic rings. The normalized spacial score (nSPS) is 20.1. The summed E-state index contributed by atoms with van der Waals surface area (Å²) in [5, 5.41) is 5.92. The Hall–Kier alpha value is 5.58. The van der Waals surface area contributed by atoms with E-state index in [1.807, 2.05) is 66.7 Å². The van der Waals surface area contributed by atoms with E-state index in [-0.39, 0.29) is 401 Å². The first-order chi connectivity index (χ1) is 48.9. The van der Waals surface area contributed by atoms with Crippen molar-refractivity contribution in [1.82, 2.24) is 24.9 Å². The maximum Gasteiger partial charge on any atom is 0.107 e. The monoisotopic (exact) mass is 2410 g/mol. The fraction of sp³-hybridized carbons (Fsp3) is 0.500. The summed E-state index contributed by atoms with van der Waals surface area (Å²) in [5.74, 6) is 0.317. The van der Waals surface area contributed by atoms with E-state index in [0.717, 1.165) is 207 Å². The Morgan fingerprint density at radius 1 is 0.360 bits per heavy atom. The van der Waals surface area contributed by atoms with Crippen LogP contribution < -0.4 is 9.97 Å². The van der Waals surface area contributed by atoms with Crippen molar-refractivity contribution in [3.8, 4) is 0 Å². The van der Waals surface area contributed by atoms with Crippen LogP contribution in [0.1, 0.15) is 289 Å². The second-order valence-corrected chi connectivity index (χ2v) is 29.2. The summed E-state index contributed by atoms with van der Waals surface area (Å²) in [7, 11) is 0. The van der Waals surface area contributed by atoms with Crippen molar-refractivity contribution in [3.05, 3.63) is 219 Å². The van der Waals surface area contributed by atoms with Crippen molar-refractivity contribution in [2.45, 2.75) is 295 Å². The molecule has 3 radical (unpaired) electrons. The molecule has 114 heavy (non-hydrogen) atoms. The maximum atomic E-state index is 14.4. The molecule has 10 aromatic rings. The van der Waals surface area contributed by atoms with Gasteiger partial charge >= 0.3 is 0 Å². The van der Waals surface area contributed by atoms with Gasteiger partial charge in [-0.05, 0) is 145 Å². The molecule has 5 aliphatic carbocycles. The van der Waals surface area contributed by atoms with Crippen molar-refractivity contribution in [2.24, 2.45) is 0 Å². The number of H-pyrrole nitrogens is 3. The Labute approximate surface area is 962 Å². The molecule has 10 atom stereocenters. The van der Waals surface area contributed by atoms with Crippen LogP contribution in [0.3, 0.4) is 0 Å². The first-order valence-electron chi connectivity index (χ1n) is 38.7. The zero-order valence-corrected chi connectivity index (χ0v) is 88.4. The van der Waals surface area contributed by atoms with E-state index in [0.29, 0.717) is 25.7 Å². The minimum absolute atomic E-state index is 0. The first-order valence-corrected chi connectivity index (χ1v) is 39.5. The Morgan fingerprint density at radius 2 is 0.614 bits per heavy atom. The van der Waals surface area contributed by atoms with Crippen LogP contribution in [0.25, 0.3) is 54.5 Å². The number of alkyl halides is 5. The van der Waals surface area contributed by atoms with Gasteiger partial charge in [-0.25, -0.2) is 22.0 Å². The number of aromatic nitrogens is 5. The van der Waals surface area contributed by atoms with Gasteiger partial charge in [-0.2, -0.15) is 37.6 Å². The summed E-state index contributed by atoms with van der Waals surface area (Å²) in [6.45, 7) is 23.4. The van der Waals surface area contributed by atoms with Gasteiger partial charge in [0.15, 0.2) is 0 Å². The molecule has 3 N–H and O–H groups in total. The van der Waals surface area contributed by atoms with Crippen LogP contribution in [0.2, 0.25) is 0 Å². The molecule has 5 aromatic carbocycles. The Balaban J connectivity index is -0.000000305. The number of nitrogens with one attached hydrogen (secondary N) is 3. The number of nitrogens with zero attached hydrogens (tertiary/aromatic N) is 2. The molecule has 639 valence electrons. The van der Waals surface area contributed by atoms with E-state index in [1.54, 1.807) is 6.92 Å². The smallest absolute Gasteiger partial charge is 0.107 e. The van der Waals surface area contributed by atoms with Crippen LogP contribution in [0, 0.1) is 231 Å². The number of unbranched alkanes of at least 4 members (excludes halogenated alkanes) is 2. The van der Waals surface area contributed by atoms with E-state index < -0.39 is 30.9 Å². The summed E-state index contributed by atoms with van der Waals surface area (Å²) in [6.07, 6.45) is 27.0. The van der Waals surface area contributed by atoms with Crippen LogP contribution in [0.4, 0.5) is 22.0 Å². The Bertz CT molecular complexity index is 3830. The number of hydrogen-bond acceptors (Lipinski definition) is 0. The predicted octanol–water partition coefficient (Wildman–Crippen LogP) is 28.6. The molecule has 15 rings (SSSR count). The third kappa shape index (κ3) is 36.4. The zero-order chi connectivity index (χ0) is 70.9. The first kappa shape index (κ1) is 130. The predicted molar refractivity (Wildman–Crippen MR) is 438 cm³/mol. The average molecular weight is 2420 g/mol. The molecule has 0 saturated heterocycles. The van der Waals surface area contributed by atoms with Crippen molar-refractivity contribution >= 4 is 70.4 Å². The fourth-order valence-corrected chi connectivity index (χ4v) is 17.3. The van der Waals surface area contributed by atoms with Gasteiger partial charge in [0.1, 0.15) is 30.9 Å². The summed E-state index contributed by atoms with van der Waals surface area (Å²) >= 11 is 3.55. The SMILES string of the molecule is C.CCCC.CCCCc1[nH]c2ccccc2c1C1CCCCC1F.FC1CCCCC1c1c(Br)[nH]c2ccccc12.[Ar].[Ar].[Ar].[Ar].[Ar].[CH2-]C.[CH2-]CCc1[n-]c2ccccc2c1C1CCCCC1F.[CH2-]CCc1[n-]c2ccccc2c1C1CCCCC1F.[CH2-]CCc1[nH]c2ccccc2c1C1CCCCC1F.[CH3-].[CH3-].[Pd].[W].[W].[Y].[Y].[Y]. The zero-order valence-electron chi connectivity index (χ0n) is 67.4. The Morgan fingerprint density at radius 3 is 0.912 bits per heavy atom. The summed E-state index contributed by atoms with van der Waals surface area (Å²) in [5.41, 5.74) is 16.0. The number of aryl methyl sites for hydroxylation is 4. The summed E-state index contributed by atoms with van der Waals surface area (Å²) < 4.78 is 72.4.